The van der Waals surface area contributed by atoms with Crippen molar-refractivity contribution in [1.29, 1.82) is 0 Å². The first kappa shape index (κ1) is 46.6. The highest BCUT2D eigenvalue weighted by Gasteiger charge is 2.43. The van der Waals surface area contributed by atoms with Crippen LogP contribution >= 0.6 is 0 Å². The molecule has 0 aromatic heterocycles. The molecule has 0 aliphatic rings. The van der Waals surface area contributed by atoms with E-state index in [2.05, 4.69) is 9.47 Å². The van der Waals surface area contributed by atoms with Crippen molar-refractivity contribution in [3.8, 4) is 23.0 Å². The molecule has 0 fully saturated rings. The fourth-order valence-electron chi connectivity index (χ4n) is 5.64. The van der Waals surface area contributed by atoms with Gasteiger partial charge in [-0.2, -0.15) is 26.3 Å². The van der Waals surface area contributed by atoms with Crippen molar-refractivity contribution in [3.05, 3.63) is 155 Å². The molecule has 0 heterocycles. The van der Waals surface area contributed by atoms with E-state index in [1.807, 2.05) is 0 Å². The summed E-state index contributed by atoms with van der Waals surface area (Å²) in [6, 6.07) is 25.3. The van der Waals surface area contributed by atoms with Crippen LogP contribution in [0.1, 0.15) is 49.7 Å². The molecule has 5 aromatic rings. The third-order valence-electron chi connectivity index (χ3n) is 8.80. The van der Waals surface area contributed by atoms with Gasteiger partial charge in [0.25, 0.3) is 0 Å². The molecule has 1 unspecified atom stereocenters. The van der Waals surface area contributed by atoms with Gasteiger partial charge in [0.2, 0.25) is 11.6 Å². The van der Waals surface area contributed by atoms with Crippen LogP contribution in [0.15, 0.2) is 127 Å². The summed E-state index contributed by atoms with van der Waals surface area (Å²) in [4.78, 5) is 51.7. The second-order valence-electron chi connectivity index (χ2n) is 13.6. The van der Waals surface area contributed by atoms with Gasteiger partial charge in [-0.25, -0.2) is 9.59 Å². The second kappa shape index (κ2) is 20.0. The quantitative estimate of drug-likeness (QED) is 0.0176. The van der Waals surface area contributed by atoms with Crippen molar-refractivity contribution in [2.45, 2.75) is 30.5 Å². The Labute approximate surface area is 354 Å². The van der Waals surface area contributed by atoms with Crippen LogP contribution in [0.3, 0.4) is 0 Å². The first-order chi connectivity index (χ1) is 29.6. The lowest BCUT2D eigenvalue weighted by Crippen LogP contribution is -2.44. The van der Waals surface area contributed by atoms with Crippen molar-refractivity contribution in [1.82, 2.24) is 0 Å². The molecule has 0 saturated carbocycles. The van der Waals surface area contributed by atoms with Crippen molar-refractivity contribution in [3.63, 3.8) is 0 Å². The number of aliphatic hydroxyl groups is 2. The summed E-state index contributed by atoms with van der Waals surface area (Å²) in [5.74, 6) is -8.24. The molecule has 0 spiro atoms. The number of benzene rings is 5. The Bertz CT molecular complexity index is 2470. The number of nitrogens with two attached hydrogens (primary N) is 2. The van der Waals surface area contributed by atoms with Crippen LogP contribution in [0, 0.1) is 0 Å². The number of hydrogen-bond acceptors (Lipinski definition) is 12. The fraction of sp³-hybridized carbons (Fsp3) is 0.156. The molecule has 5 aromatic carbocycles. The highest BCUT2D eigenvalue weighted by atomic mass is 19.4. The minimum Gasteiger partial charge on any atom is -0.484 e. The molecule has 18 heteroatoms. The monoisotopic (exact) mass is 878 g/mol. The van der Waals surface area contributed by atoms with Crippen LogP contribution in [-0.2, 0) is 9.59 Å². The Morgan fingerprint density at radius 2 is 0.984 bits per heavy atom. The lowest BCUT2D eigenvalue weighted by molar-refractivity contribution is -0.187. The third-order valence-corrected chi connectivity index (χ3v) is 8.80. The number of ketones is 2. The fourth-order valence-corrected chi connectivity index (χ4v) is 5.64. The predicted octanol–water partition coefficient (Wildman–Crippen LogP) is 7.89. The van der Waals surface area contributed by atoms with Crippen molar-refractivity contribution in [2.75, 3.05) is 24.7 Å². The zero-order valence-electron chi connectivity index (χ0n) is 32.6. The van der Waals surface area contributed by atoms with Crippen LogP contribution in [0.4, 0.5) is 37.7 Å². The number of esters is 2. The Morgan fingerprint density at radius 3 is 1.40 bits per heavy atom. The molecule has 0 aliphatic carbocycles. The number of carbonyl (C=O) groups excluding carboxylic acids is 4. The maximum atomic E-state index is 13.4. The van der Waals surface area contributed by atoms with E-state index in [1.165, 1.54) is 127 Å². The van der Waals surface area contributed by atoms with Gasteiger partial charge >= 0.3 is 24.3 Å². The Morgan fingerprint density at radius 1 is 0.571 bits per heavy atom. The number of ether oxygens (including phenoxy) is 4. The summed E-state index contributed by atoms with van der Waals surface area (Å²) in [5.41, 5.74) is 13.1. The summed E-state index contributed by atoms with van der Waals surface area (Å²) in [6.45, 7) is -2.99. The van der Waals surface area contributed by atoms with Crippen LogP contribution in [-0.4, -0.2) is 65.1 Å². The average Bonchev–Trinajstić information content (AvgIpc) is 3.23. The zero-order chi connectivity index (χ0) is 46.0. The molecule has 5 rings (SSSR count). The zero-order valence-corrected chi connectivity index (χ0v) is 32.6. The summed E-state index contributed by atoms with van der Waals surface area (Å²) in [7, 11) is 0. The number of allylic oxidation sites excluding steroid dienone is 1. The van der Waals surface area contributed by atoms with E-state index < -0.39 is 67.2 Å². The maximum absolute atomic E-state index is 13.4. The molecule has 0 aliphatic heterocycles. The van der Waals surface area contributed by atoms with E-state index in [4.69, 9.17) is 20.9 Å². The first-order valence-corrected chi connectivity index (χ1v) is 18.4. The third kappa shape index (κ3) is 14.1. The first-order valence-electron chi connectivity index (χ1n) is 18.4. The highest BCUT2D eigenvalue weighted by molar-refractivity contribution is 6.01. The van der Waals surface area contributed by atoms with Crippen molar-refractivity contribution >= 4 is 47.0 Å². The van der Waals surface area contributed by atoms with Crippen LogP contribution < -0.4 is 30.4 Å². The van der Waals surface area contributed by atoms with Gasteiger partial charge in [-0.05, 0) is 114 Å². The molecule has 0 amide bonds. The Hall–Kier alpha value is -7.44. The topological polar surface area (TPSA) is 198 Å². The van der Waals surface area contributed by atoms with Gasteiger partial charge in [0.1, 0.15) is 23.0 Å². The molecular weight excluding hydrogens is 842 g/mol. The number of nitrogen functional groups attached to an aromatic ring is 2. The van der Waals surface area contributed by atoms with E-state index in [9.17, 15) is 55.7 Å². The predicted molar refractivity (Wildman–Crippen MR) is 217 cm³/mol. The van der Waals surface area contributed by atoms with Gasteiger partial charge in [0.05, 0.1) is 17.0 Å². The number of alkyl halides is 6. The summed E-state index contributed by atoms with van der Waals surface area (Å²) < 4.78 is 94.2. The van der Waals surface area contributed by atoms with Crippen molar-refractivity contribution in [2.24, 2.45) is 0 Å². The Balaban J connectivity index is 1.20. The molecule has 6 N–H and O–H groups in total. The van der Waals surface area contributed by atoms with Crippen LogP contribution in [0.25, 0.3) is 12.2 Å². The lowest BCUT2D eigenvalue weighted by atomic mass is 9.82. The smallest absolute Gasteiger partial charge is 0.422 e. The molecule has 328 valence electrons. The minimum absolute atomic E-state index is 0.0206. The van der Waals surface area contributed by atoms with Gasteiger partial charge in [-0.1, -0.05) is 42.5 Å². The largest absolute Gasteiger partial charge is 0.484 e. The lowest BCUT2D eigenvalue weighted by Gasteiger charge is -2.30. The van der Waals surface area contributed by atoms with Gasteiger partial charge in [-0.15, -0.1) is 0 Å². The SMILES string of the molecule is Nc1ccc(C(CC(=O)C=Cc2ccc(OC(=O)c3ccc(OCC(F)(F)F)cc3)cc2)C(O)(O)C(=O)C=Cc2ccc(OC(=O)c3ccc(OCC(F)(F)F)cc3)cc2)c(N)c1. The minimum atomic E-state index is -4.53. The molecule has 0 bridgehead atoms. The van der Waals surface area contributed by atoms with Crippen molar-refractivity contribution < 1.29 is 74.7 Å². The summed E-state index contributed by atoms with van der Waals surface area (Å²) >= 11 is 0. The van der Waals surface area contributed by atoms with E-state index in [1.54, 1.807) is 0 Å². The highest BCUT2D eigenvalue weighted by Crippen LogP contribution is 2.36. The van der Waals surface area contributed by atoms with Gasteiger partial charge in [-0.3, -0.25) is 9.59 Å². The van der Waals surface area contributed by atoms with E-state index >= 15 is 0 Å². The second-order valence-corrected chi connectivity index (χ2v) is 13.6. The van der Waals surface area contributed by atoms with Gasteiger partial charge in [0.15, 0.2) is 19.0 Å². The molecule has 12 nitrogen and oxygen atoms in total. The Kier molecular flexibility index (Phi) is 14.8. The maximum Gasteiger partial charge on any atom is 0.422 e. The van der Waals surface area contributed by atoms with E-state index in [0.717, 1.165) is 12.2 Å². The number of carbonyl (C=O) groups is 4. The standard InChI is InChI=1S/C45H36F6N2O10/c46-43(47,48)25-60-33-17-7-29(8-18-33)41(56)62-35-13-2-27(3-14-35)1-12-32(54)24-38(37-21-11-31(52)23-39(37)53)45(58,59)40(55)22-6-28-4-15-36(16-5-28)63-42(57)30-9-19-34(20-10-30)61-26-44(49,50)51/h1-23,38,58-59H,24-26,52-53H2. The molecule has 0 saturated heterocycles. The summed E-state index contributed by atoms with van der Waals surface area (Å²) in [6.07, 6.45) is -5.02. The normalized spacial score (nSPS) is 12.5. The molecule has 0 radical (unpaired) electrons. The number of hydrogen-bond donors (Lipinski definition) is 4. The number of rotatable bonds is 17. The van der Waals surface area contributed by atoms with Gasteiger partial charge in [0, 0.05) is 17.8 Å². The molecule has 1 atom stereocenters. The van der Waals surface area contributed by atoms with Crippen LogP contribution in [0.5, 0.6) is 23.0 Å². The summed E-state index contributed by atoms with van der Waals surface area (Å²) in [5, 5.41) is 22.6. The van der Waals surface area contributed by atoms with E-state index in [0.29, 0.717) is 11.1 Å². The van der Waals surface area contributed by atoms with Crippen LogP contribution in [0.2, 0.25) is 0 Å². The van der Waals surface area contributed by atoms with Gasteiger partial charge < -0.3 is 40.6 Å². The molecular formula is C45H36F6N2O10. The average molecular weight is 879 g/mol. The molecule has 63 heavy (non-hydrogen) atoms. The number of anilines is 2. The van der Waals surface area contributed by atoms with E-state index in [-0.39, 0.29) is 51.1 Å². The number of halogens is 6.